The molecule has 0 radical (unpaired) electrons. The summed E-state index contributed by atoms with van der Waals surface area (Å²) >= 11 is 0. The van der Waals surface area contributed by atoms with Crippen molar-refractivity contribution in [2.24, 2.45) is 0 Å². The lowest BCUT2D eigenvalue weighted by molar-refractivity contribution is 0.103. The maximum absolute atomic E-state index is 12.4. The molecule has 0 atom stereocenters. The van der Waals surface area contributed by atoms with E-state index in [1.807, 2.05) is 20.8 Å². The number of ketones is 1. The van der Waals surface area contributed by atoms with Gasteiger partial charge in [0, 0.05) is 11.8 Å². The van der Waals surface area contributed by atoms with Gasteiger partial charge in [-0.05, 0) is 39.8 Å². The Morgan fingerprint density at radius 3 is 2.58 bits per heavy atom. The molecule has 0 unspecified atom stereocenters. The highest BCUT2D eigenvalue weighted by molar-refractivity contribution is 6.09. The lowest BCUT2D eigenvalue weighted by atomic mass is 10.1. The number of nitrogens with zero attached hydrogens (tertiary/aromatic N) is 1. The number of carbonyl (C=O) groups is 1. The minimum absolute atomic E-state index is 0.0463. The van der Waals surface area contributed by atoms with Crippen LogP contribution < -0.4 is 4.74 Å². The maximum atomic E-state index is 12.4. The number of hydrogen-bond donors (Lipinski definition) is 0. The second-order valence-electron chi connectivity index (χ2n) is 4.73. The van der Waals surface area contributed by atoms with E-state index in [9.17, 15) is 4.79 Å². The first-order chi connectivity index (χ1) is 8.97. The third kappa shape index (κ3) is 3.02. The molecule has 2 aromatic heterocycles. The van der Waals surface area contributed by atoms with Gasteiger partial charge >= 0.3 is 0 Å². The highest BCUT2D eigenvalue weighted by atomic mass is 16.5. The molecule has 0 aliphatic carbocycles. The minimum Gasteiger partial charge on any atom is -0.489 e. The van der Waals surface area contributed by atoms with Gasteiger partial charge in [0.1, 0.15) is 17.3 Å². The van der Waals surface area contributed by atoms with Gasteiger partial charge in [-0.25, -0.2) is 0 Å². The van der Waals surface area contributed by atoms with Crippen molar-refractivity contribution in [3.63, 3.8) is 0 Å². The monoisotopic (exact) mass is 259 g/mol. The Labute approximate surface area is 112 Å². The first kappa shape index (κ1) is 13.3. The highest BCUT2D eigenvalue weighted by Gasteiger charge is 2.16. The van der Waals surface area contributed by atoms with Crippen molar-refractivity contribution in [2.75, 3.05) is 0 Å². The number of hydrogen-bond acceptors (Lipinski definition) is 4. The van der Waals surface area contributed by atoms with Gasteiger partial charge in [-0.15, -0.1) is 0 Å². The van der Waals surface area contributed by atoms with Gasteiger partial charge in [0.15, 0.2) is 5.78 Å². The van der Waals surface area contributed by atoms with E-state index in [1.165, 1.54) is 6.20 Å². The van der Waals surface area contributed by atoms with Crippen molar-refractivity contribution in [1.29, 1.82) is 0 Å². The summed E-state index contributed by atoms with van der Waals surface area (Å²) < 4.78 is 10.9. The first-order valence-corrected chi connectivity index (χ1v) is 6.21. The van der Waals surface area contributed by atoms with Crippen molar-refractivity contribution in [3.05, 3.63) is 47.2 Å². The topological polar surface area (TPSA) is 52.3 Å². The van der Waals surface area contributed by atoms with Crippen LogP contribution in [0.2, 0.25) is 0 Å². The quantitative estimate of drug-likeness (QED) is 0.790. The summed E-state index contributed by atoms with van der Waals surface area (Å²) in [5.41, 5.74) is 1.07. The van der Waals surface area contributed by atoms with Crippen molar-refractivity contribution in [1.82, 2.24) is 4.98 Å². The van der Waals surface area contributed by atoms with Crippen LogP contribution in [0.3, 0.4) is 0 Å². The van der Waals surface area contributed by atoms with Gasteiger partial charge in [0.2, 0.25) is 0 Å². The molecule has 0 N–H and O–H groups in total. The van der Waals surface area contributed by atoms with E-state index in [2.05, 4.69) is 4.98 Å². The van der Waals surface area contributed by atoms with Gasteiger partial charge in [0.05, 0.1) is 17.9 Å². The molecule has 0 fully saturated rings. The molecule has 2 heterocycles. The average molecular weight is 259 g/mol. The molecular formula is C15H17NO3. The van der Waals surface area contributed by atoms with Crippen molar-refractivity contribution in [3.8, 4) is 5.75 Å². The van der Waals surface area contributed by atoms with Crippen LogP contribution in [0.1, 0.15) is 41.3 Å². The van der Waals surface area contributed by atoms with Gasteiger partial charge in [-0.1, -0.05) is 0 Å². The SMILES string of the molecule is Cc1cc(C(=O)c2cncc(OC(C)C)c2)c(C)o1. The maximum Gasteiger partial charge on any atom is 0.198 e. The summed E-state index contributed by atoms with van der Waals surface area (Å²) in [6, 6.07) is 3.45. The van der Waals surface area contributed by atoms with Crippen LogP contribution in [0, 0.1) is 13.8 Å². The van der Waals surface area contributed by atoms with Gasteiger partial charge in [-0.2, -0.15) is 0 Å². The Morgan fingerprint density at radius 2 is 2.00 bits per heavy atom. The smallest absolute Gasteiger partial charge is 0.198 e. The zero-order valence-corrected chi connectivity index (χ0v) is 11.6. The summed E-state index contributed by atoms with van der Waals surface area (Å²) in [6.45, 7) is 7.46. The fraction of sp³-hybridized carbons (Fsp3) is 0.333. The Balaban J connectivity index is 2.31. The van der Waals surface area contributed by atoms with E-state index in [4.69, 9.17) is 9.15 Å². The summed E-state index contributed by atoms with van der Waals surface area (Å²) in [4.78, 5) is 16.4. The summed E-state index contributed by atoms with van der Waals surface area (Å²) in [5, 5.41) is 0. The fourth-order valence-electron chi connectivity index (χ4n) is 1.89. The second-order valence-corrected chi connectivity index (χ2v) is 4.73. The molecule has 0 aliphatic heterocycles. The van der Waals surface area contributed by atoms with Crippen LogP contribution in [0.5, 0.6) is 5.75 Å². The molecule has 4 nitrogen and oxygen atoms in total. The molecule has 0 bridgehead atoms. The molecule has 0 aliphatic rings. The van der Waals surface area contributed by atoms with E-state index >= 15 is 0 Å². The summed E-state index contributed by atoms with van der Waals surface area (Å²) in [7, 11) is 0. The third-order valence-electron chi connectivity index (χ3n) is 2.63. The van der Waals surface area contributed by atoms with E-state index in [1.54, 1.807) is 25.3 Å². The molecule has 4 heteroatoms. The van der Waals surface area contributed by atoms with E-state index in [0.717, 1.165) is 5.76 Å². The minimum atomic E-state index is -0.101. The molecule has 0 aromatic carbocycles. The van der Waals surface area contributed by atoms with Crippen LogP contribution >= 0.6 is 0 Å². The summed E-state index contributed by atoms with van der Waals surface area (Å²) in [6.07, 6.45) is 3.19. The highest BCUT2D eigenvalue weighted by Crippen LogP contribution is 2.20. The zero-order chi connectivity index (χ0) is 14.0. The van der Waals surface area contributed by atoms with Gasteiger partial charge < -0.3 is 9.15 Å². The predicted molar refractivity (Wildman–Crippen MR) is 71.6 cm³/mol. The number of furan rings is 1. The van der Waals surface area contributed by atoms with E-state index in [0.29, 0.717) is 22.6 Å². The van der Waals surface area contributed by atoms with Crippen LogP contribution in [-0.2, 0) is 0 Å². The van der Waals surface area contributed by atoms with Crippen LogP contribution in [0.4, 0.5) is 0 Å². The molecule has 19 heavy (non-hydrogen) atoms. The van der Waals surface area contributed by atoms with Crippen molar-refractivity contribution < 1.29 is 13.9 Å². The second kappa shape index (κ2) is 5.26. The number of aryl methyl sites for hydroxylation is 2. The van der Waals surface area contributed by atoms with Crippen molar-refractivity contribution >= 4 is 5.78 Å². The Bertz CT molecular complexity index is 599. The van der Waals surface area contributed by atoms with E-state index in [-0.39, 0.29) is 11.9 Å². The molecule has 0 saturated carbocycles. The lowest BCUT2D eigenvalue weighted by Gasteiger charge is -2.09. The van der Waals surface area contributed by atoms with Crippen molar-refractivity contribution in [2.45, 2.75) is 33.8 Å². The van der Waals surface area contributed by atoms with Crippen LogP contribution in [0.25, 0.3) is 0 Å². The Kier molecular flexibility index (Phi) is 3.69. The molecule has 2 rings (SSSR count). The van der Waals surface area contributed by atoms with Crippen LogP contribution in [0.15, 0.2) is 28.9 Å². The van der Waals surface area contributed by atoms with Crippen LogP contribution in [-0.4, -0.2) is 16.9 Å². The number of pyridine rings is 1. The summed E-state index contributed by atoms with van der Waals surface area (Å²) in [5.74, 6) is 1.84. The number of rotatable bonds is 4. The fourth-order valence-corrected chi connectivity index (χ4v) is 1.89. The molecule has 0 spiro atoms. The molecule has 2 aromatic rings. The van der Waals surface area contributed by atoms with Gasteiger partial charge in [-0.3, -0.25) is 9.78 Å². The van der Waals surface area contributed by atoms with Gasteiger partial charge in [0.25, 0.3) is 0 Å². The molecular weight excluding hydrogens is 242 g/mol. The Morgan fingerprint density at radius 1 is 1.26 bits per heavy atom. The molecule has 0 amide bonds. The third-order valence-corrected chi connectivity index (χ3v) is 2.63. The Hall–Kier alpha value is -2.10. The largest absolute Gasteiger partial charge is 0.489 e. The zero-order valence-electron chi connectivity index (χ0n) is 11.6. The number of aromatic nitrogens is 1. The first-order valence-electron chi connectivity index (χ1n) is 6.21. The van der Waals surface area contributed by atoms with E-state index < -0.39 is 0 Å². The number of ether oxygens (including phenoxy) is 1. The molecule has 100 valence electrons. The normalized spacial score (nSPS) is 10.8. The average Bonchev–Trinajstić information content (AvgIpc) is 2.67. The number of carbonyl (C=O) groups excluding carboxylic acids is 1. The standard InChI is InChI=1S/C15H17NO3/c1-9(2)18-13-6-12(7-16-8-13)15(17)14-5-10(3)19-11(14)4/h5-9H,1-4H3. The lowest BCUT2D eigenvalue weighted by Crippen LogP contribution is -2.08. The molecule has 0 saturated heterocycles. The predicted octanol–water partition coefficient (Wildman–Crippen LogP) is 3.31.